The van der Waals surface area contributed by atoms with E-state index in [1.54, 1.807) is 37.5 Å². The van der Waals surface area contributed by atoms with E-state index in [2.05, 4.69) is 16.8 Å². The second-order valence-electron chi connectivity index (χ2n) is 6.34. The smallest absolute Gasteiger partial charge is 0.192 e. The van der Waals surface area contributed by atoms with E-state index < -0.39 is 0 Å². The van der Waals surface area contributed by atoms with E-state index in [1.165, 1.54) is 17.3 Å². The van der Waals surface area contributed by atoms with E-state index in [0.29, 0.717) is 23.1 Å². The van der Waals surface area contributed by atoms with Crippen molar-refractivity contribution >= 4 is 17.5 Å². The monoisotopic (exact) mass is 409 g/mol. The van der Waals surface area contributed by atoms with Gasteiger partial charge in [-0.1, -0.05) is 35.5 Å². The van der Waals surface area contributed by atoms with E-state index in [9.17, 15) is 4.79 Å². The number of hydrogen-bond donors (Lipinski definition) is 0. The van der Waals surface area contributed by atoms with Crippen LogP contribution in [0.2, 0.25) is 0 Å². The van der Waals surface area contributed by atoms with Crippen molar-refractivity contribution in [2.24, 2.45) is 0 Å². The highest BCUT2D eigenvalue weighted by molar-refractivity contribution is 7.99. The second kappa shape index (κ2) is 9.93. The van der Waals surface area contributed by atoms with E-state index in [-0.39, 0.29) is 18.1 Å². The number of allylic oxidation sites excluding steroid dienone is 1. The van der Waals surface area contributed by atoms with Gasteiger partial charge in [0.1, 0.15) is 18.1 Å². The lowest BCUT2D eigenvalue weighted by molar-refractivity contribution is 0.102. The first-order chi connectivity index (χ1) is 14.1. The number of nitrogens with zero attached hydrogens (tertiary/aromatic N) is 3. The summed E-state index contributed by atoms with van der Waals surface area (Å²) in [5, 5.41) is 9.12. The van der Waals surface area contributed by atoms with Crippen molar-refractivity contribution in [2.45, 2.75) is 25.2 Å². The van der Waals surface area contributed by atoms with Crippen molar-refractivity contribution in [1.29, 1.82) is 0 Å². The first kappa shape index (κ1) is 20.7. The van der Waals surface area contributed by atoms with Crippen LogP contribution in [0.15, 0.2) is 66.3 Å². The largest absolute Gasteiger partial charge is 0.497 e. The molecule has 150 valence electrons. The summed E-state index contributed by atoms with van der Waals surface area (Å²) in [5.74, 6) is 2.46. The van der Waals surface area contributed by atoms with Crippen molar-refractivity contribution in [3.05, 3.63) is 78.1 Å². The molecule has 1 heterocycles. The van der Waals surface area contributed by atoms with E-state index >= 15 is 0 Å². The molecule has 0 unspecified atom stereocenters. The van der Waals surface area contributed by atoms with Crippen molar-refractivity contribution in [1.82, 2.24) is 14.8 Å². The van der Waals surface area contributed by atoms with Crippen molar-refractivity contribution in [3.63, 3.8) is 0 Å². The Morgan fingerprint density at radius 3 is 2.45 bits per heavy atom. The highest BCUT2D eigenvalue weighted by atomic mass is 32.2. The standard InChI is InChI=1S/C22H23N3O3S/c1-4-13-25-21(14-28-19-9-5-16(2)6-10-19)23-24-22(25)29-15-20(26)17-7-11-18(27-3)12-8-17/h4-12H,1,13-15H2,2-3H3. The number of rotatable bonds is 10. The van der Waals surface area contributed by atoms with E-state index in [4.69, 9.17) is 9.47 Å². The number of aromatic nitrogens is 3. The van der Waals surface area contributed by atoms with Crippen LogP contribution in [0.5, 0.6) is 11.5 Å². The van der Waals surface area contributed by atoms with Gasteiger partial charge in [0, 0.05) is 12.1 Å². The fourth-order valence-corrected chi connectivity index (χ4v) is 3.48. The van der Waals surface area contributed by atoms with Crippen LogP contribution in [0.1, 0.15) is 21.7 Å². The predicted octanol–water partition coefficient (Wildman–Crippen LogP) is 4.34. The third kappa shape index (κ3) is 5.48. The Morgan fingerprint density at radius 1 is 1.10 bits per heavy atom. The average molecular weight is 410 g/mol. The first-order valence-corrected chi connectivity index (χ1v) is 10.1. The van der Waals surface area contributed by atoms with Gasteiger partial charge in [-0.3, -0.25) is 9.36 Å². The predicted molar refractivity (Wildman–Crippen MR) is 114 cm³/mol. The Labute approximate surface area is 174 Å². The Morgan fingerprint density at radius 2 is 1.79 bits per heavy atom. The summed E-state index contributed by atoms with van der Waals surface area (Å²) in [6.07, 6.45) is 1.77. The second-order valence-corrected chi connectivity index (χ2v) is 7.28. The van der Waals surface area contributed by atoms with Gasteiger partial charge in [0.05, 0.1) is 12.9 Å². The molecule has 7 heteroatoms. The molecule has 0 saturated heterocycles. The molecule has 1 aromatic heterocycles. The number of carbonyl (C=O) groups excluding carboxylic acids is 1. The SMILES string of the molecule is C=CCn1c(COc2ccc(C)cc2)nnc1SCC(=O)c1ccc(OC)cc1. The van der Waals surface area contributed by atoms with Crippen LogP contribution in [0.3, 0.4) is 0 Å². The molecule has 0 bridgehead atoms. The van der Waals surface area contributed by atoms with Crippen LogP contribution >= 0.6 is 11.8 Å². The lowest BCUT2D eigenvalue weighted by atomic mass is 10.1. The molecule has 0 atom stereocenters. The molecule has 0 radical (unpaired) electrons. The van der Waals surface area contributed by atoms with Gasteiger partial charge >= 0.3 is 0 Å². The van der Waals surface area contributed by atoms with Gasteiger partial charge in [-0.05, 0) is 43.3 Å². The Balaban J connectivity index is 1.64. The molecule has 0 amide bonds. The number of methoxy groups -OCH3 is 1. The highest BCUT2D eigenvalue weighted by Crippen LogP contribution is 2.21. The molecule has 0 saturated carbocycles. The zero-order valence-electron chi connectivity index (χ0n) is 16.5. The third-order valence-electron chi connectivity index (χ3n) is 4.24. The lowest BCUT2D eigenvalue weighted by Crippen LogP contribution is -2.09. The normalized spacial score (nSPS) is 10.6. The number of ketones is 1. The highest BCUT2D eigenvalue weighted by Gasteiger charge is 2.15. The summed E-state index contributed by atoms with van der Waals surface area (Å²) in [4.78, 5) is 12.5. The molecule has 6 nitrogen and oxygen atoms in total. The number of thioether (sulfide) groups is 1. The fourth-order valence-electron chi connectivity index (χ4n) is 2.62. The van der Waals surface area contributed by atoms with Gasteiger partial charge in [-0.2, -0.15) is 0 Å². The van der Waals surface area contributed by atoms with Crippen molar-refractivity contribution in [3.8, 4) is 11.5 Å². The Hall–Kier alpha value is -3.06. The van der Waals surface area contributed by atoms with E-state index in [1.807, 2.05) is 35.8 Å². The van der Waals surface area contributed by atoms with Crippen LogP contribution in [-0.2, 0) is 13.2 Å². The number of aryl methyl sites for hydroxylation is 1. The molecule has 3 rings (SSSR count). The fraction of sp³-hybridized carbons (Fsp3) is 0.227. The minimum absolute atomic E-state index is 0.0169. The zero-order valence-corrected chi connectivity index (χ0v) is 17.3. The minimum atomic E-state index is 0.0169. The molecule has 0 fully saturated rings. The maximum absolute atomic E-state index is 12.5. The quantitative estimate of drug-likeness (QED) is 0.282. The summed E-state index contributed by atoms with van der Waals surface area (Å²) in [6, 6.07) is 14.9. The molecule has 0 N–H and O–H groups in total. The minimum Gasteiger partial charge on any atom is -0.497 e. The van der Waals surface area contributed by atoms with Crippen molar-refractivity contribution < 1.29 is 14.3 Å². The molecule has 0 spiro atoms. The number of carbonyl (C=O) groups is 1. The maximum Gasteiger partial charge on any atom is 0.192 e. The number of ether oxygens (including phenoxy) is 2. The average Bonchev–Trinajstić information content (AvgIpc) is 3.13. The van der Waals surface area contributed by atoms with E-state index in [0.717, 1.165) is 11.5 Å². The van der Waals surface area contributed by atoms with Gasteiger partial charge in [-0.25, -0.2) is 0 Å². The summed E-state index contributed by atoms with van der Waals surface area (Å²) >= 11 is 1.35. The first-order valence-electron chi connectivity index (χ1n) is 9.13. The molecule has 29 heavy (non-hydrogen) atoms. The van der Waals surface area contributed by atoms with Gasteiger partial charge in [0.15, 0.2) is 16.8 Å². The Bertz CT molecular complexity index is 966. The molecule has 2 aromatic carbocycles. The number of hydrogen-bond acceptors (Lipinski definition) is 6. The van der Waals surface area contributed by atoms with Gasteiger partial charge < -0.3 is 9.47 Å². The molecule has 0 aliphatic heterocycles. The van der Waals surface area contributed by atoms with Crippen molar-refractivity contribution in [2.75, 3.05) is 12.9 Å². The molecule has 0 aliphatic rings. The molecular weight excluding hydrogens is 386 g/mol. The van der Waals surface area contributed by atoms with Crippen LogP contribution < -0.4 is 9.47 Å². The summed E-state index contributed by atoms with van der Waals surface area (Å²) in [6.45, 7) is 6.66. The van der Waals surface area contributed by atoms with Crippen LogP contribution in [0.4, 0.5) is 0 Å². The third-order valence-corrected chi connectivity index (χ3v) is 5.21. The summed E-state index contributed by atoms with van der Waals surface area (Å²) in [7, 11) is 1.60. The van der Waals surface area contributed by atoms with Crippen LogP contribution in [0.25, 0.3) is 0 Å². The summed E-state index contributed by atoms with van der Waals surface area (Å²) in [5.41, 5.74) is 1.81. The summed E-state index contributed by atoms with van der Waals surface area (Å²) < 4.78 is 12.9. The zero-order chi connectivity index (χ0) is 20.6. The van der Waals surface area contributed by atoms with Crippen LogP contribution in [-0.4, -0.2) is 33.4 Å². The molecular formula is C22H23N3O3S. The maximum atomic E-state index is 12.5. The molecule has 3 aromatic rings. The lowest BCUT2D eigenvalue weighted by Gasteiger charge is -2.09. The number of Topliss-reactive ketones (excluding diaryl/α,β-unsaturated/α-hetero) is 1. The number of benzene rings is 2. The van der Waals surface area contributed by atoms with Gasteiger partial charge in [0.2, 0.25) is 0 Å². The topological polar surface area (TPSA) is 66.2 Å². The Kier molecular flexibility index (Phi) is 7.08. The van der Waals surface area contributed by atoms with Crippen LogP contribution in [0, 0.1) is 6.92 Å². The van der Waals surface area contributed by atoms with Gasteiger partial charge in [-0.15, -0.1) is 16.8 Å². The molecule has 0 aliphatic carbocycles. The van der Waals surface area contributed by atoms with Gasteiger partial charge in [0.25, 0.3) is 0 Å².